The zero-order valence-electron chi connectivity index (χ0n) is 25.0. The fraction of sp³-hybridized carbons (Fsp3) is 0.278. The normalized spacial score (nSPS) is 16.0. The van der Waals surface area contributed by atoms with Gasteiger partial charge < -0.3 is 20.9 Å². The fourth-order valence-electron chi connectivity index (χ4n) is 6.40. The highest BCUT2D eigenvalue weighted by atomic mass is 16.2. The molecule has 0 bridgehead atoms. The standard InChI is InChI=1S/C36H40N6O2/c37-36(44)42(31-15-8-3-9-16-31)33-27-30(35(43)41-21-10-19-38-20-22-41)17-18-32(33)39-23-25-40(26-24-39)34(28-11-4-1-5-12-28)29-13-6-2-7-14-29/h1-9,11-18,27,34,38H,10,19-26H2,(H2,37,44). The van der Waals surface area contributed by atoms with Crippen LogP contribution in [-0.4, -0.2) is 74.1 Å². The fourth-order valence-corrected chi connectivity index (χ4v) is 6.40. The largest absolute Gasteiger partial charge is 0.367 e. The summed E-state index contributed by atoms with van der Waals surface area (Å²) in [5.74, 6) is -0.0302. The number of amides is 3. The van der Waals surface area contributed by atoms with Gasteiger partial charge in [-0.25, -0.2) is 4.79 Å². The Hall–Kier alpha value is -4.66. The molecule has 0 saturated carbocycles. The van der Waals surface area contributed by atoms with Crippen LogP contribution in [0.2, 0.25) is 0 Å². The van der Waals surface area contributed by atoms with E-state index in [-0.39, 0.29) is 11.9 Å². The van der Waals surface area contributed by atoms with Crippen molar-refractivity contribution in [2.24, 2.45) is 5.73 Å². The van der Waals surface area contributed by atoms with Crippen LogP contribution in [0.3, 0.4) is 0 Å². The number of carbonyl (C=O) groups is 2. The van der Waals surface area contributed by atoms with Crippen molar-refractivity contribution >= 4 is 29.0 Å². The first-order valence-corrected chi connectivity index (χ1v) is 15.5. The van der Waals surface area contributed by atoms with E-state index < -0.39 is 6.03 Å². The number of anilines is 3. The average Bonchev–Trinajstić information content (AvgIpc) is 3.36. The number of para-hydroxylation sites is 1. The van der Waals surface area contributed by atoms with Crippen LogP contribution in [0.25, 0.3) is 0 Å². The lowest BCUT2D eigenvalue weighted by Crippen LogP contribution is -2.48. The first kappa shape index (κ1) is 29.4. The van der Waals surface area contributed by atoms with Crippen molar-refractivity contribution in [1.29, 1.82) is 0 Å². The topological polar surface area (TPSA) is 85.1 Å². The van der Waals surface area contributed by atoms with Crippen LogP contribution >= 0.6 is 0 Å². The first-order valence-electron chi connectivity index (χ1n) is 15.5. The Kier molecular flexibility index (Phi) is 9.20. The zero-order valence-corrected chi connectivity index (χ0v) is 25.0. The molecule has 44 heavy (non-hydrogen) atoms. The maximum atomic E-state index is 13.7. The molecule has 6 rings (SSSR count). The van der Waals surface area contributed by atoms with E-state index in [0.717, 1.165) is 51.4 Å². The third-order valence-electron chi connectivity index (χ3n) is 8.58. The van der Waals surface area contributed by atoms with Crippen molar-refractivity contribution in [3.63, 3.8) is 0 Å². The molecule has 0 radical (unpaired) electrons. The minimum atomic E-state index is -0.590. The van der Waals surface area contributed by atoms with E-state index in [1.54, 1.807) is 0 Å². The van der Waals surface area contributed by atoms with Gasteiger partial charge in [0.2, 0.25) is 0 Å². The van der Waals surface area contributed by atoms with Crippen molar-refractivity contribution < 1.29 is 9.59 Å². The second kappa shape index (κ2) is 13.8. The number of nitrogens with zero attached hydrogens (tertiary/aromatic N) is 4. The van der Waals surface area contributed by atoms with Crippen LogP contribution in [0.15, 0.2) is 109 Å². The summed E-state index contributed by atoms with van der Waals surface area (Å²) in [5, 5.41) is 3.36. The van der Waals surface area contributed by atoms with E-state index in [0.29, 0.717) is 30.0 Å². The summed E-state index contributed by atoms with van der Waals surface area (Å²) in [6.07, 6.45) is 0.908. The van der Waals surface area contributed by atoms with Gasteiger partial charge in [0.25, 0.3) is 5.91 Å². The molecule has 0 aliphatic carbocycles. The van der Waals surface area contributed by atoms with Gasteiger partial charge in [-0.1, -0.05) is 78.9 Å². The van der Waals surface area contributed by atoms with Crippen LogP contribution in [-0.2, 0) is 0 Å². The SMILES string of the molecule is NC(=O)N(c1ccccc1)c1cc(C(=O)N2CCCNCC2)ccc1N1CCN(C(c2ccccc2)c2ccccc2)CC1. The Balaban J connectivity index is 1.32. The van der Waals surface area contributed by atoms with E-state index in [2.05, 4.69) is 75.8 Å². The molecule has 4 aromatic carbocycles. The summed E-state index contributed by atoms with van der Waals surface area (Å²) in [7, 11) is 0. The lowest BCUT2D eigenvalue weighted by Gasteiger charge is -2.41. The van der Waals surface area contributed by atoms with Crippen molar-refractivity contribution in [1.82, 2.24) is 15.1 Å². The Bertz CT molecular complexity index is 1490. The highest BCUT2D eigenvalue weighted by molar-refractivity contribution is 6.04. The molecule has 0 aromatic heterocycles. The second-order valence-corrected chi connectivity index (χ2v) is 11.4. The van der Waals surface area contributed by atoms with Crippen molar-refractivity contribution in [3.05, 3.63) is 126 Å². The number of nitrogens with two attached hydrogens (primary N) is 1. The minimum absolute atomic E-state index is 0.0302. The summed E-state index contributed by atoms with van der Waals surface area (Å²) in [4.78, 5) is 34.9. The van der Waals surface area contributed by atoms with E-state index in [9.17, 15) is 9.59 Å². The lowest BCUT2D eigenvalue weighted by atomic mass is 9.96. The summed E-state index contributed by atoms with van der Waals surface area (Å²) >= 11 is 0. The quantitative estimate of drug-likeness (QED) is 0.308. The van der Waals surface area contributed by atoms with E-state index >= 15 is 0 Å². The Morgan fingerprint density at radius 1 is 0.705 bits per heavy atom. The molecule has 8 heteroatoms. The maximum Gasteiger partial charge on any atom is 0.323 e. The molecule has 226 valence electrons. The molecule has 0 spiro atoms. The lowest BCUT2D eigenvalue weighted by molar-refractivity contribution is 0.0766. The van der Waals surface area contributed by atoms with Crippen molar-refractivity contribution in [3.8, 4) is 0 Å². The number of primary amides is 1. The van der Waals surface area contributed by atoms with Gasteiger partial charge in [0, 0.05) is 51.4 Å². The number of hydrogen-bond donors (Lipinski definition) is 2. The summed E-state index contributed by atoms with van der Waals surface area (Å²) in [5.41, 5.74) is 11.3. The van der Waals surface area contributed by atoms with Crippen LogP contribution in [0.5, 0.6) is 0 Å². The van der Waals surface area contributed by atoms with E-state index in [1.165, 1.54) is 16.0 Å². The van der Waals surface area contributed by atoms with Crippen LogP contribution < -0.4 is 20.9 Å². The number of piperazine rings is 1. The number of hydrogen-bond acceptors (Lipinski definition) is 5. The second-order valence-electron chi connectivity index (χ2n) is 11.4. The highest BCUT2D eigenvalue weighted by Gasteiger charge is 2.30. The first-order chi connectivity index (χ1) is 21.6. The Morgan fingerprint density at radius 2 is 1.32 bits per heavy atom. The predicted molar refractivity (Wildman–Crippen MR) is 177 cm³/mol. The number of urea groups is 1. The van der Waals surface area contributed by atoms with Gasteiger partial charge in [-0.05, 0) is 54.4 Å². The number of rotatable bonds is 7. The molecular formula is C36H40N6O2. The van der Waals surface area contributed by atoms with Gasteiger partial charge in [-0.15, -0.1) is 0 Å². The number of carbonyl (C=O) groups excluding carboxylic acids is 2. The molecular weight excluding hydrogens is 548 g/mol. The highest BCUT2D eigenvalue weighted by Crippen LogP contribution is 2.37. The summed E-state index contributed by atoms with van der Waals surface area (Å²) in [6.45, 7) is 6.21. The van der Waals surface area contributed by atoms with Crippen LogP contribution in [0, 0.1) is 0 Å². The zero-order chi connectivity index (χ0) is 30.3. The average molecular weight is 589 g/mol. The van der Waals surface area contributed by atoms with Crippen molar-refractivity contribution in [2.45, 2.75) is 12.5 Å². The van der Waals surface area contributed by atoms with Crippen LogP contribution in [0.4, 0.5) is 21.9 Å². The van der Waals surface area contributed by atoms with E-state index in [1.807, 2.05) is 53.4 Å². The van der Waals surface area contributed by atoms with Crippen LogP contribution in [0.1, 0.15) is 33.9 Å². The molecule has 0 unspecified atom stereocenters. The van der Waals surface area contributed by atoms with Gasteiger partial charge in [0.1, 0.15) is 0 Å². The van der Waals surface area contributed by atoms with Gasteiger partial charge in [0.15, 0.2) is 0 Å². The van der Waals surface area contributed by atoms with Gasteiger partial charge in [-0.3, -0.25) is 14.6 Å². The minimum Gasteiger partial charge on any atom is -0.367 e. The monoisotopic (exact) mass is 588 g/mol. The molecule has 2 aliphatic rings. The van der Waals surface area contributed by atoms with Gasteiger partial charge >= 0.3 is 6.03 Å². The predicted octanol–water partition coefficient (Wildman–Crippen LogP) is 5.25. The van der Waals surface area contributed by atoms with E-state index in [4.69, 9.17) is 5.73 Å². The molecule has 2 aliphatic heterocycles. The summed E-state index contributed by atoms with van der Waals surface area (Å²) in [6, 6.07) is 36.0. The molecule has 3 amide bonds. The van der Waals surface area contributed by atoms with Gasteiger partial charge in [0.05, 0.1) is 23.1 Å². The Morgan fingerprint density at radius 3 is 1.93 bits per heavy atom. The third kappa shape index (κ3) is 6.46. The van der Waals surface area contributed by atoms with Gasteiger partial charge in [-0.2, -0.15) is 0 Å². The number of benzene rings is 4. The summed E-state index contributed by atoms with van der Waals surface area (Å²) < 4.78 is 0. The third-order valence-corrected chi connectivity index (χ3v) is 8.58. The molecule has 2 fully saturated rings. The molecule has 4 aromatic rings. The number of nitrogens with one attached hydrogen (secondary N) is 1. The maximum absolute atomic E-state index is 13.7. The molecule has 8 nitrogen and oxygen atoms in total. The molecule has 2 saturated heterocycles. The smallest absolute Gasteiger partial charge is 0.323 e. The molecule has 3 N–H and O–H groups in total. The molecule has 0 atom stereocenters. The van der Waals surface area contributed by atoms with Crippen molar-refractivity contribution in [2.75, 3.05) is 62.2 Å². The Labute approximate surface area is 259 Å². The molecule has 2 heterocycles.